The zero-order valence-corrected chi connectivity index (χ0v) is 21.7. The summed E-state index contributed by atoms with van der Waals surface area (Å²) in [4.78, 5) is 34.4. The van der Waals surface area contributed by atoms with Crippen molar-refractivity contribution in [2.24, 2.45) is 0 Å². The van der Waals surface area contributed by atoms with Gasteiger partial charge >= 0.3 is 0 Å². The van der Waals surface area contributed by atoms with Gasteiger partial charge in [0.15, 0.2) is 0 Å². The lowest BCUT2D eigenvalue weighted by atomic mass is 9.84. The molecule has 3 aromatic rings. The largest absolute Gasteiger partial charge is 0.507 e. The van der Waals surface area contributed by atoms with Crippen LogP contribution in [0.4, 0.5) is 5.69 Å². The van der Waals surface area contributed by atoms with Crippen LogP contribution in [0.1, 0.15) is 54.6 Å². The molecule has 2 heterocycles. The summed E-state index contributed by atoms with van der Waals surface area (Å²) >= 11 is 0. The molecule has 0 saturated carbocycles. The Morgan fingerprint density at radius 1 is 1.00 bits per heavy atom. The number of Topliss-reactive ketones (excluding diaryl/α,β-unsaturated/α-hetero) is 1. The van der Waals surface area contributed by atoms with E-state index in [1.807, 2.05) is 80.5 Å². The number of ketones is 1. The highest BCUT2D eigenvalue weighted by Gasteiger charge is 2.46. The fraction of sp³-hybridized carbons (Fsp3) is 0.300. The highest BCUT2D eigenvalue weighted by atomic mass is 16.3. The lowest BCUT2D eigenvalue weighted by molar-refractivity contribution is -0.140. The molecular formula is C30H33N3O3. The number of aryl methyl sites for hydroxylation is 1. The minimum Gasteiger partial charge on any atom is -0.507 e. The molecule has 0 aliphatic carbocycles. The first-order chi connectivity index (χ1) is 17.0. The van der Waals surface area contributed by atoms with Crippen molar-refractivity contribution in [3.8, 4) is 0 Å². The van der Waals surface area contributed by atoms with Gasteiger partial charge in [-0.25, -0.2) is 0 Å². The van der Waals surface area contributed by atoms with E-state index in [1.54, 1.807) is 12.4 Å². The molecule has 6 nitrogen and oxygen atoms in total. The first kappa shape index (κ1) is 25.2. The number of hydrogen-bond donors (Lipinski definition) is 1. The molecule has 0 radical (unpaired) electrons. The molecule has 1 unspecified atom stereocenters. The Balaban J connectivity index is 1.90. The molecule has 36 heavy (non-hydrogen) atoms. The van der Waals surface area contributed by atoms with Gasteiger partial charge < -0.3 is 14.9 Å². The Kier molecular flexibility index (Phi) is 6.72. The van der Waals surface area contributed by atoms with Crippen LogP contribution in [0.15, 0.2) is 72.6 Å². The van der Waals surface area contributed by atoms with Crippen LogP contribution in [0.2, 0.25) is 0 Å². The number of pyridine rings is 1. The monoisotopic (exact) mass is 483 g/mol. The van der Waals surface area contributed by atoms with E-state index in [1.165, 1.54) is 4.90 Å². The molecule has 1 atom stereocenters. The van der Waals surface area contributed by atoms with Gasteiger partial charge in [0, 0.05) is 44.3 Å². The minimum absolute atomic E-state index is 0.112. The van der Waals surface area contributed by atoms with Crippen molar-refractivity contribution in [1.29, 1.82) is 0 Å². The zero-order chi connectivity index (χ0) is 26.2. The molecule has 2 aromatic carbocycles. The normalized spacial score (nSPS) is 17.5. The second kappa shape index (κ2) is 9.61. The van der Waals surface area contributed by atoms with Crippen molar-refractivity contribution in [2.75, 3.05) is 19.0 Å². The van der Waals surface area contributed by atoms with Crippen LogP contribution in [0.25, 0.3) is 5.76 Å². The fourth-order valence-electron chi connectivity index (χ4n) is 4.52. The average molecular weight is 484 g/mol. The number of aromatic nitrogens is 1. The lowest BCUT2D eigenvalue weighted by Crippen LogP contribution is -2.29. The van der Waals surface area contributed by atoms with Gasteiger partial charge in [0.1, 0.15) is 5.76 Å². The third-order valence-electron chi connectivity index (χ3n) is 6.73. The van der Waals surface area contributed by atoms with E-state index in [4.69, 9.17) is 0 Å². The van der Waals surface area contributed by atoms with E-state index in [9.17, 15) is 14.7 Å². The summed E-state index contributed by atoms with van der Waals surface area (Å²) in [5.74, 6) is -1.45. The number of nitrogens with zero attached hydrogens (tertiary/aromatic N) is 3. The van der Waals surface area contributed by atoms with Crippen LogP contribution in [-0.2, 0) is 21.5 Å². The van der Waals surface area contributed by atoms with Gasteiger partial charge in [-0.05, 0) is 64.9 Å². The smallest absolute Gasteiger partial charge is 0.295 e. The average Bonchev–Trinajstić information content (AvgIpc) is 3.09. The summed E-state index contributed by atoms with van der Waals surface area (Å²) < 4.78 is 0. The van der Waals surface area contributed by atoms with Crippen LogP contribution >= 0.6 is 0 Å². The predicted molar refractivity (Wildman–Crippen MR) is 143 cm³/mol. The number of amides is 1. The number of carbonyl (C=O) groups is 2. The van der Waals surface area contributed by atoms with Gasteiger partial charge in [-0.3, -0.25) is 14.6 Å². The number of aliphatic hydroxyl groups excluding tert-OH is 1. The summed E-state index contributed by atoms with van der Waals surface area (Å²) in [6.45, 7) is 8.42. The van der Waals surface area contributed by atoms with Crippen molar-refractivity contribution < 1.29 is 14.7 Å². The Hall–Kier alpha value is -3.93. The number of aliphatic hydroxyl groups is 1. The molecule has 1 amide bonds. The van der Waals surface area contributed by atoms with E-state index >= 15 is 0 Å². The van der Waals surface area contributed by atoms with Crippen molar-refractivity contribution >= 4 is 23.1 Å². The van der Waals surface area contributed by atoms with E-state index < -0.39 is 17.7 Å². The Morgan fingerprint density at radius 3 is 2.22 bits per heavy atom. The number of likely N-dealkylation sites (tertiary alicyclic amines) is 1. The van der Waals surface area contributed by atoms with Crippen molar-refractivity contribution in [2.45, 2.75) is 45.7 Å². The highest BCUT2D eigenvalue weighted by molar-refractivity contribution is 6.46. The first-order valence-corrected chi connectivity index (χ1v) is 12.0. The molecule has 4 rings (SSSR count). The van der Waals surface area contributed by atoms with Crippen molar-refractivity contribution in [3.63, 3.8) is 0 Å². The van der Waals surface area contributed by atoms with Gasteiger partial charge in [0.2, 0.25) is 0 Å². The maximum absolute atomic E-state index is 13.4. The summed E-state index contributed by atoms with van der Waals surface area (Å²) in [7, 11) is 3.91. The summed E-state index contributed by atoms with van der Waals surface area (Å²) in [6.07, 6.45) is 3.32. The minimum atomic E-state index is -0.716. The van der Waals surface area contributed by atoms with Crippen LogP contribution in [0.3, 0.4) is 0 Å². The topological polar surface area (TPSA) is 73.7 Å². The lowest BCUT2D eigenvalue weighted by Gasteiger charge is -2.26. The molecule has 0 bridgehead atoms. The Morgan fingerprint density at radius 2 is 1.64 bits per heavy atom. The van der Waals surface area contributed by atoms with E-state index in [0.29, 0.717) is 5.56 Å². The van der Waals surface area contributed by atoms with Gasteiger partial charge in [-0.1, -0.05) is 45.0 Å². The maximum atomic E-state index is 13.4. The molecule has 1 saturated heterocycles. The number of rotatable bonds is 5. The van der Waals surface area contributed by atoms with Crippen molar-refractivity contribution in [1.82, 2.24) is 9.88 Å². The highest BCUT2D eigenvalue weighted by Crippen LogP contribution is 2.41. The Bertz CT molecular complexity index is 1320. The maximum Gasteiger partial charge on any atom is 0.295 e. The van der Waals surface area contributed by atoms with Crippen LogP contribution in [0, 0.1) is 6.92 Å². The summed E-state index contributed by atoms with van der Waals surface area (Å²) in [6, 6.07) is 16.6. The second-order valence-electron chi connectivity index (χ2n) is 10.5. The molecule has 1 N–H and O–H groups in total. The summed E-state index contributed by atoms with van der Waals surface area (Å²) in [5, 5.41) is 11.6. The van der Waals surface area contributed by atoms with Gasteiger partial charge in [-0.2, -0.15) is 0 Å². The molecular weight excluding hydrogens is 450 g/mol. The number of carbonyl (C=O) groups excluding carboxylic acids is 2. The van der Waals surface area contributed by atoms with Crippen LogP contribution in [-0.4, -0.2) is 40.8 Å². The third kappa shape index (κ3) is 4.76. The van der Waals surface area contributed by atoms with Crippen LogP contribution in [0.5, 0.6) is 0 Å². The quantitative estimate of drug-likeness (QED) is 0.300. The zero-order valence-electron chi connectivity index (χ0n) is 21.7. The molecule has 1 aliphatic heterocycles. The summed E-state index contributed by atoms with van der Waals surface area (Å²) in [5.41, 5.74) is 5.03. The number of benzene rings is 2. The molecule has 1 fully saturated rings. The number of hydrogen-bond acceptors (Lipinski definition) is 5. The predicted octanol–water partition coefficient (Wildman–Crippen LogP) is 5.38. The molecule has 1 aromatic heterocycles. The molecule has 6 heteroatoms. The third-order valence-corrected chi connectivity index (χ3v) is 6.73. The van der Waals surface area contributed by atoms with Gasteiger partial charge in [0.25, 0.3) is 11.7 Å². The van der Waals surface area contributed by atoms with Gasteiger partial charge in [0.05, 0.1) is 11.6 Å². The Labute approximate surface area is 212 Å². The second-order valence-corrected chi connectivity index (χ2v) is 10.5. The van der Waals surface area contributed by atoms with Gasteiger partial charge in [-0.15, -0.1) is 0 Å². The van der Waals surface area contributed by atoms with E-state index in [2.05, 4.69) is 25.8 Å². The first-order valence-electron chi connectivity index (χ1n) is 12.0. The van der Waals surface area contributed by atoms with E-state index in [-0.39, 0.29) is 23.3 Å². The fourth-order valence-corrected chi connectivity index (χ4v) is 4.52. The molecule has 1 aliphatic rings. The van der Waals surface area contributed by atoms with Crippen LogP contribution < -0.4 is 4.90 Å². The number of anilines is 1. The molecule has 186 valence electrons. The standard InChI is InChI=1S/C30H33N3O3/c1-19-7-10-22(30(2,3)4)17-24(19)27(34)25-26(21-8-11-23(12-9-21)32(5)6)33(29(36)28(25)35)18-20-13-15-31-16-14-20/h7-17,26,34H,18H2,1-6H3/b27-25+. The molecule has 0 spiro atoms. The van der Waals surface area contributed by atoms with Crippen molar-refractivity contribution in [3.05, 3.63) is 100 Å². The van der Waals surface area contributed by atoms with E-state index in [0.717, 1.165) is 27.9 Å². The SMILES string of the molecule is Cc1ccc(C(C)(C)C)cc1/C(O)=C1\C(=O)C(=O)N(Cc2ccncc2)C1c1ccc(N(C)C)cc1.